The highest BCUT2D eigenvalue weighted by Crippen LogP contribution is 2.35. The molecule has 4 aromatic rings. The molecule has 0 saturated carbocycles. The lowest BCUT2D eigenvalue weighted by atomic mass is 10.0. The van der Waals surface area contributed by atoms with E-state index >= 15 is 0 Å². The zero-order valence-corrected chi connectivity index (χ0v) is 26.2. The molecule has 0 unspecified atom stereocenters. The molecule has 0 radical (unpaired) electrons. The fraction of sp³-hybridized carbons (Fsp3) is 0.250. The number of ketones is 1. The van der Waals surface area contributed by atoms with Crippen LogP contribution in [-0.4, -0.2) is 38.9 Å². The summed E-state index contributed by atoms with van der Waals surface area (Å²) in [5.41, 5.74) is 2.39. The Morgan fingerprint density at radius 1 is 1.07 bits per heavy atom. The third-order valence-corrected chi connectivity index (χ3v) is 8.30. The van der Waals surface area contributed by atoms with Crippen molar-refractivity contribution >= 4 is 34.5 Å². The van der Waals surface area contributed by atoms with Gasteiger partial charge in [0.2, 0.25) is 5.76 Å². The van der Waals surface area contributed by atoms with Crippen molar-refractivity contribution in [2.24, 2.45) is 0 Å². The van der Waals surface area contributed by atoms with Crippen molar-refractivity contribution < 1.29 is 34.1 Å². The normalized spacial score (nSPS) is 13.0. The van der Waals surface area contributed by atoms with Crippen molar-refractivity contribution in [1.82, 2.24) is 0 Å². The molecule has 1 heterocycles. The van der Waals surface area contributed by atoms with Crippen LogP contribution in [0.2, 0.25) is 0 Å². The number of aryl methyl sites for hydroxylation is 1. The number of fused-ring (bicyclic) bond motifs is 1. The lowest BCUT2D eigenvalue weighted by molar-refractivity contribution is 0.0662. The molecule has 0 amide bonds. The number of phenols is 1. The summed E-state index contributed by atoms with van der Waals surface area (Å²) < 4.78 is 11.4. The Morgan fingerprint density at radius 2 is 1.87 bits per heavy atom. The molecule has 3 N–H and O–H groups in total. The molecule has 0 fully saturated rings. The van der Waals surface area contributed by atoms with Crippen molar-refractivity contribution in [2.45, 2.75) is 56.3 Å². The fourth-order valence-electron chi connectivity index (χ4n) is 4.84. The highest BCUT2D eigenvalue weighted by Gasteiger charge is 2.21. The third-order valence-electron chi connectivity index (χ3n) is 7.09. The summed E-state index contributed by atoms with van der Waals surface area (Å²) in [6.07, 6.45) is 8.61. The number of carboxylic acids is 1. The summed E-state index contributed by atoms with van der Waals surface area (Å²) in [6, 6.07) is 16.8. The minimum Gasteiger partial charge on any atom is -0.507 e. The van der Waals surface area contributed by atoms with Crippen molar-refractivity contribution in [2.75, 3.05) is 6.61 Å². The molecule has 4 rings (SSSR count). The van der Waals surface area contributed by atoms with E-state index in [1.54, 1.807) is 30.3 Å². The summed E-state index contributed by atoms with van der Waals surface area (Å²) in [7, 11) is 0. The maximum absolute atomic E-state index is 12.4. The van der Waals surface area contributed by atoms with Crippen LogP contribution in [-0.2, 0) is 6.42 Å². The van der Waals surface area contributed by atoms with Crippen molar-refractivity contribution in [3.05, 3.63) is 123 Å². The fourth-order valence-corrected chi connectivity index (χ4v) is 5.93. The zero-order valence-electron chi connectivity index (χ0n) is 25.4. The van der Waals surface area contributed by atoms with Gasteiger partial charge in [0.05, 0.1) is 28.9 Å². The van der Waals surface area contributed by atoms with Crippen LogP contribution in [0.25, 0.3) is 11.0 Å². The van der Waals surface area contributed by atoms with Gasteiger partial charge in [-0.05, 0) is 62.6 Å². The number of carbonyl (C=O) groups is 2. The number of thioether (sulfide) groups is 1. The van der Waals surface area contributed by atoms with E-state index in [1.807, 2.05) is 62.4 Å². The molecule has 0 aliphatic rings. The molecule has 0 aliphatic carbocycles. The number of benzene rings is 3. The Morgan fingerprint density at radius 3 is 2.58 bits per heavy atom. The van der Waals surface area contributed by atoms with Crippen LogP contribution in [0.3, 0.4) is 0 Å². The Labute approximate surface area is 265 Å². The van der Waals surface area contributed by atoms with E-state index in [1.165, 1.54) is 18.7 Å². The predicted octanol–water partition coefficient (Wildman–Crippen LogP) is 7.44. The van der Waals surface area contributed by atoms with E-state index in [4.69, 9.17) is 9.15 Å². The van der Waals surface area contributed by atoms with Gasteiger partial charge >= 0.3 is 5.97 Å². The van der Waals surface area contributed by atoms with E-state index in [-0.39, 0.29) is 28.1 Å². The second-order valence-corrected chi connectivity index (χ2v) is 11.8. The largest absolute Gasteiger partial charge is 0.507 e. The molecule has 0 bridgehead atoms. The average molecular weight is 629 g/mol. The quantitative estimate of drug-likeness (QED) is 0.0564. The van der Waals surface area contributed by atoms with E-state index in [0.717, 1.165) is 23.6 Å². The summed E-state index contributed by atoms with van der Waals surface area (Å²) in [5, 5.41) is 31.0. The summed E-state index contributed by atoms with van der Waals surface area (Å²) in [4.78, 5) is 36.3. The molecular weight excluding hydrogens is 592 g/mol. The number of hydrogen-bond donors (Lipinski definition) is 3. The van der Waals surface area contributed by atoms with Gasteiger partial charge in [-0.1, -0.05) is 67.5 Å². The van der Waals surface area contributed by atoms with Gasteiger partial charge in [-0.25, -0.2) is 4.79 Å². The van der Waals surface area contributed by atoms with Crippen molar-refractivity contribution in [3.63, 3.8) is 0 Å². The number of carbonyl (C=O) groups excluding carboxylic acids is 1. The number of carboxylic acid groups (broad SMARTS) is 1. The minimum absolute atomic E-state index is 0.0214. The van der Waals surface area contributed by atoms with Crippen LogP contribution in [0.5, 0.6) is 11.5 Å². The number of phenolic OH excluding ortho intramolecular Hbond substituents is 1. The molecule has 1 aromatic heterocycles. The van der Waals surface area contributed by atoms with Crippen LogP contribution in [0.4, 0.5) is 0 Å². The van der Waals surface area contributed by atoms with Gasteiger partial charge in [0.25, 0.3) is 0 Å². The lowest BCUT2D eigenvalue weighted by Gasteiger charge is -2.20. The highest BCUT2D eigenvalue weighted by molar-refractivity contribution is 8.00. The van der Waals surface area contributed by atoms with Crippen LogP contribution in [0.15, 0.2) is 99.1 Å². The number of allylic oxidation sites excluding steroid dienone is 2. The maximum Gasteiger partial charge on any atom is 0.371 e. The van der Waals surface area contributed by atoms with Gasteiger partial charge in [-0.2, -0.15) is 0 Å². The van der Waals surface area contributed by atoms with Gasteiger partial charge in [-0.15, -0.1) is 11.8 Å². The Balaban J connectivity index is 1.49. The van der Waals surface area contributed by atoms with Crippen molar-refractivity contribution in [3.8, 4) is 11.5 Å². The van der Waals surface area contributed by atoms with Gasteiger partial charge in [-0.3, -0.25) is 9.59 Å². The number of Topliss-reactive ketones (excluding diaryl/α,β-unsaturated/α-hetero) is 1. The lowest BCUT2D eigenvalue weighted by Crippen LogP contribution is -2.13. The first-order chi connectivity index (χ1) is 21.6. The first-order valence-electron chi connectivity index (χ1n) is 14.6. The maximum atomic E-state index is 12.4. The van der Waals surface area contributed by atoms with Crippen LogP contribution >= 0.6 is 11.8 Å². The summed E-state index contributed by atoms with van der Waals surface area (Å²) in [6.45, 7) is 5.73. The first-order valence-corrected chi connectivity index (χ1v) is 15.5. The molecule has 0 saturated heterocycles. The summed E-state index contributed by atoms with van der Waals surface area (Å²) >= 11 is 1.36. The number of rotatable bonds is 14. The molecule has 3 aromatic carbocycles. The molecular formula is C36H36O8S. The first kappa shape index (κ1) is 33.3. The topological polar surface area (TPSA) is 134 Å². The number of aromatic hydroxyl groups is 1. The highest BCUT2D eigenvalue weighted by atomic mass is 32.2. The Bertz CT molecular complexity index is 1800. The van der Waals surface area contributed by atoms with Gasteiger partial charge in [0, 0.05) is 16.5 Å². The Hall–Kier alpha value is -4.60. The number of ether oxygens (including phenoxy) is 1. The number of aliphatic hydroxyl groups excluding tert-OH is 1. The molecule has 0 spiro atoms. The average Bonchev–Trinajstić information content (AvgIpc) is 3.00. The zero-order chi connectivity index (χ0) is 32.5. The second-order valence-electron chi connectivity index (χ2n) is 10.6. The molecule has 8 nitrogen and oxygen atoms in total. The van der Waals surface area contributed by atoms with E-state index < -0.39 is 28.5 Å². The molecule has 0 aliphatic heterocycles. The molecule has 2 atom stereocenters. The van der Waals surface area contributed by atoms with Gasteiger partial charge in [0.1, 0.15) is 17.1 Å². The van der Waals surface area contributed by atoms with Crippen LogP contribution in [0.1, 0.15) is 70.4 Å². The van der Waals surface area contributed by atoms with Crippen LogP contribution < -0.4 is 10.2 Å². The minimum atomic E-state index is -1.33. The predicted molar refractivity (Wildman–Crippen MR) is 176 cm³/mol. The third kappa shape index (κ3) is 8.53. The van der Waals surface area contributed by atoms with Gasteiger partial charge in [0.15, 0.2) is 11.2 Å². The van der Waals surface area contributed by atoms with Crippen molar-refractivity contribution in [1.29, 1.82) is 0 Å². The summed E-state index contributed by atoms with van der Waals surface area (Å²) in [5.74, 6) is -1.43. The van der Waals surface area contributed by atoms with E-state index in [2.05, 4.69) is 0 Å². The van der Waals surface area contributed by atoms with Crippen LogP contribution in [0, 0.1) is 6.92 Å². The standard InChI is InChI=1S/C36H36O8S/c1-4-10-28-30(17-16-26(23(3)37)35(28)40)43-18-8-6-5-7-13-33(34(39)24-12-9-11-22(2)19-24)45-25-14-15-27-29(38)21-32(36(41)42)44-31(27)20-25/h5-7,9,11-17,19-21,33-34,39-40H,4,8,10,18H2,1-3H3,(H,41,42)/b6-5-,13-7+/t33-,34+/m0/s1. The van der Waals surface area contributed by atoms with E-state index in [9.17, 15) is 29.7 Å². The number of hydrogen-bond acceptors (Lipinski definition) is 8. The SMILES string of the molecule is CCCc1c(OCC/C=C\C=C\[C@H](Sc2ccc3c(=O)cc(C(=O)O)oc3c2)[C@H](O)c2cccc(C)c2)ccc(C(C)=O)c1O. The molecule has 234 valence electrons. The van der Waals surface area contributed by atoms with Gasteiger partial charge < -0.3 is 24.5 Å². The monoisotopic (exact) mass is 628 g/mol. The van der Waals surface area contributed by atoms with E-state index in [0.29, 0.717) is 35.7 Å². The Kier molecular flexibility index (Phi) is 11.4. The molecule has 45 heavy (non-hydrogen) atoms. The number of aliphatic hydroxyl groups is 1. The second kappa shape index (κ2) is 15.4. The number of aromatic carboxylic acids is 1. The smallest absolute Gasteiger partial charge is 0.371 e. The molecule has 9 heteroatoms.